The predicted octanol–water partition coefficient (Wildman–Crippen LogP) is 5.54. The molecule has 190 valence electrons. The van der Waals surface area contributed by atoms with Crippen LogP contribution >= 0.6 is 0 Å². The molecule has 0 spiro atoms. The first-order valence-electron chi connectivity index (χ1n) is 12.6. The largest absolute Gasteiger partial charge is 0.508 e. The Labute approximate surface area is 213 Å². The van der Waals surface area contributed by atoms with Gasteiger partial charge in [-0.05, 0) is 54.3 Å². The van der Waals surface area contributed by atoms with Gasteiger partial charge in [-0.1, -0.05) is 30.3 Å². The van der Waals surface area contributed by atoms with Crippen molar-refractivity contribution in [2.45, 2.75) is 31.0 Å². The van der Waals surface area contributed by atoms with Crippen LogP contribution in [0.2, 0.25) is 0 Å². The molecule has 3 aromatic rings. The molecule has 6 nitrogen and oxygen atoms in total. The molecule has 5 rings (SSSR count). The zero-order valence-electron chi connectivity index (χ0n) is 21.2. The Morgan fingerprint density at radius 2 is 1.64 bits per heavy atom. The van der Waals surface area contributed by atoms with Crippen molar-refractivity contribution in [2.75, 3.05) is 45.9 Å². The number of methoxy groups -OCH3 is 3. The van der Waals surface area contributed by atoms with Crippen molar-refractivity contribution < 1.29 is 24.1 Å². The highest BCUT2D eigenvalue weighted by molar-refractivity contribution is 5.54. The van der Waals surface area contributed by atoms with Gasteiger partial charge in [0.2, 0.25) is 0 Å². The summed E-state index contributed by atoms with van der Waals surface area (Å²) >= 11 is 0. The van der Waals surface area contributed by atoms with Gasteiger partial charge in [-0.15, -0.1) is 0 Å². The Morgan fingerprint density at radius 3 is 2.33 bits per heavy atom. The van der Waals surface area contributed by atoms with Crippen LogP contribution in [0.4, 0.5) is 5.69 Å². The molecule has 0 bridgehead atoms. The average molecular weight is 490 g/mol. The second-order valence-electron chi connectivity index (χ2n) is 9.65. The van der Waals surface area contributed by atoms with Gasteiger partial charge < -0.3 is 29.0 Å². The zero-order valence-corrected chi connectivity index (χ0v) is 21.2. The maximum Gasteiger partial charge on any atom is 0.159 e. The topological polar surface area (TPSA) is 60.4 Å². The van der Waals surface area contributed by atoms with E-state index in [1.165, 1.54) is 16.8 Å². The van der Waals surface area contributed by atoms with E-state index in [1.54, 1.807) is 33.5 Å². The van der Waals surface area contributed by atoms with Gasteiger partial charge >= 0.3 is 0 Å². The van der Waals surface area contributed by atoms with Gasteiger partial charge in [0, 0.05) is 62.4 Å². The second kappa shape index (κ2) is 10.8. The van der Waals surface area contributed by atoms with Crippen molar-refractivity contribution in [1.29, 1.82) is 0 Å². The van der Waals surface area contributed by atoms with Gasteiger partial charge in [-0.2, -0.15) is 0 Å². The summed E-state index contributed by atoms with van der Waals surface area (Å²) in [7, 11) is 5.13. The van der Waals surface area contributed by atoms with E-state index in [4.69, 9.17) is 18.9 Å². The lowest BCUT2D eigenvalue weighted by Gasteiger charge is -2.37. The zero-order chi connectivity index (χ0) is 25.1. The number of aromatic hydroxyl groups is 1. The number of anilines is 1. The molecule has 2 aliphatic rings. The number of rotatable bonds is 7. The van der Waals surface area contributed by atoms with Gasteiger partial charge in [0.25, 0.3) is 0 Å². The van der Waals surface area contributed by atoms with E-state index in [0.29, 0.717) is 12.5 Å². The number of phenolic OH excluding ortho intramolecular Hbond substituents is 1. The number of piperidine rings is 1. The SMILES string of the molecule is COc1cccc([C@H]2COc3cc(O)ccc3C2c2ccc(N3CCC(C(OC)OC)CC3)cc2)c1. The summed E-state index contributed by atoms with van der Waals surface area (Å²) < 4.78 is 22.6. The Morgan fingerprint density at radius 1 is 0.889 bits per heavy atom. The van der Waals surface area contributed by atoms with Gasteiger partial charge in [-0.3, -0.25) is 0 Å². The van der Waals surface area contributed by atoms with Gasteiger partial charge in [0.1, 0.15) is 17.2 Å². The van der Waals surface area contributed by atoms with E-state index in [9.17, 15) is 5.11 Å². The highest BCUT2D eigenvalue weighted by Crippen LogP contribution is 2.47. The van der Waals surface area contributed by atoms with Crippen molar-refractivity contribution in [2.24, 2.45) is 5.92 Å². The molecule has 1 N–H and O–H groups in total. The number of benzene rings is 3. The first-order chi connectivity index (χ1) is 17.6. The molecule has 2 aliphatic heterocycles. The summed E-state index contributed by atoms with van der Waals surface area (Å²) in [5.74, 6) is 2.45. The quantitative estimate of drug-likeness (QED) is 0.440. The fourth-order valence-electron chi connectivity index (χ4n) is 5.77. The number of nitrogens with zero attached hydrogens (tertiary/aromatic N) is 1. The van der Waals surface area contributed by atoms with Gasteiger partial charge in [0.15, 0.2) is 6.29 Å². The maximum atomic E-state index is 10.0. The van der Waals surface area contributed by atoms with E-state index in [2.05, 4.69) is 41.3 Å². The molecule has 0 saturated carbocycles. The second-order valence-corrected chi connectivity index (χ2v) is 9.65. The molecule has 0 aliphatic carbocycles. The van der Waals surface area contributed by atoms with Crippen molar-refractivity contribution in [3.05, 3.63) is 83.4 Å². The van der Waals surface area contributed by atoms with E-state index < -0.39 is 0 Å². The van der Waals surface area contributed by atoms with Crippen LogP contribution in [-0.2, 0) is 9.47 Å². The fraction of sp³-hybridized carbons (Fsp3) is 0.400. The number of hydrogen-bond acceptors (Lipinski definition) is 6. The van der Waals surface area contributed by atoms with Crippen LogP contribution in [0.3, 0.4) is 0 Å². The van der Waals surface area contributed by atoms with Crippen LogP contribution in [0.1, 0.15) is 41.4 Å². The van der Waals surface area contributed by atoms with Crippen molar-refractivity contribution in [3.63, 3.8) is 0 Å². The first-order valence-corrected chi connectivity index (χ1v) is 12.6. The third-order valence-electron chi connectivity index (χ3n) is 7.68. The minimum Gasteiger partial charge on any atom is -0.508 e. The monoisotopic (exact) mass is 489 g/mol. The summed E-state index contributed by atoms with van der Waals surface area (Å²) in [4.78, 5) is 2.44. The number of phenols is 1. The van der Waals surface area contributed by atoms with Crippen molar-refractivity contribution >= 4 is 5.69 Å². The number of hydrogen-bond donors (Lipinski definition) is 1. The molecule has 36 heavy (non-hydrogen) atoms. The molecular weight excluding hydrogens is 454 g/mol. The molecule has 3 aromatic carbocycles. The van der Waals surface area contributed by atoms with Crippen molar-refractivity contribution in [3.8, 4) is 17.2 Å². The minimum atomic E-state index is -0.129. The van der Waals surface area contributed by atoms with E-state index >= 15 is 0 Å². The molecular formula is C30H35NO5. The molecule has 0 amide bonds. The van der Waals surface area contributed by atoms with E-state index in [0.717, 1.165) is 43.0 Å². The Balaban J connectivity index is 1.41. The molecule has 1 saturated heterocycles. The highest BCUT2D eigenvalue weighted by Gasteiger charge is 2.34. The summed E-state index contributed by atoms with van der Waals surface area (Å²) in [6, 6.07) is 22.6. The molecule has 2 heterocycles. The van der Waals surface area contributed by atoms with Crippen LogP contribution in [-0.4, -0.2) is 52.4 Å². The van der Waals surface area contributed by atoms with Crippen molar-refractivity contribution in [1.82, 2.24) is 0 Å². The van der Waals surface area contributed by atoms with Gasteiger partial charge in [-0.25, -0.2) is 0 Å². The average Bonchev–Trinajstić information content (AvgIpc) is 2.93. The molecule has 0 radical (unpaired) electrons. The Hall–Kier alpha value is -3.22. The molecule has 6 heteroatoms. The third kappa shape index (κ3) is 4.88. The molecule has 2 atom stereocenters. The smallest absolute Gasteiger partial charge is 0.159 e. The highest BCUT2D eigenvalue weighted by atomic mass is 16.7. The van der Waals surface area contributed by atoms with E-state index in [1.807, 2.05) is 18.2 Å². The Kier molecular flexibility index (Phi) is 7.35. The van der Waals surface area contributed by atoms with E-state index in [-0.39, 0.29) is 23.9 Å². The summed E-state index contributed by atoms with van der Waals surface area (Å²) in [5.41, 5.74) is 4.73. The lowest BCUT2D eigenvalue weighted by Crippen LogP contribution is -2.39. The predicted molar refractivity (Wildman–Crippen MR) is 140 cm³/mol. The lowest BCUT2D eigenvalue weighted by molar-refractivity contribution is -0.141. The Bertz CT molecular complexity index is 1150. The minimum absolute atomic E-state index is 0.102. The summed E-state index contributed by atoms with van der Waals surface area (Å²) in [5, 5.41) is 10.0. The van der Waals surface area contributed by atoms with Gasteiger partial charge in [0.05, 0.1) is 13.7 Å². The van der Waals surface area contributed by atoms with Crippen LogP contribution < -0.4 is 14.4 Å². The first kappa shape index (κ1) is 24.5. The van der Waals surface area contributed by atoms with Crippen LogP contribution in [0.25, 0.3) is 0 Å². The van der Waals surface area contributed by atoms with Crippen LogP contribution in [0.15, 0.2) is 66.7 Å². The molecule has 1 fully saturated rings. The summed E-state index contributed by atoms with van der Waals surface area (Å²) in [6.07, 6.45) is 1.96. The number of fused-ring (bicyclic) bond motifs is 1. The fourth-order valence-corrected chi connectivity index (χ4v) is 5.77. The molecule has 1 unspecified atom stereocenters. The summed E-state index contributed by atoms with van der Waals surface area (Å²) in [6.45, 7) is 2.50. The maximum absolute atomic E-state index is 10.0. The third-order valence-corrected chi connectivity index (χ3v) is 7.68. The molecule has 0 aromatic heterocycles. The van der Waals surface area contributed by atoms with Crippen LogP contribution in [0, 0.1) is 5.92 Å². The standard InChI is InChI=1S/C30H35NO5/c1-33-25-6-4-5-22(17-25)27-19-36-28-18-24(32)11-12-26(28)29(27)20-7-9-23(10-8-20)31-15-13-21(14-16-31)30(34-2)35-3/h4-12,17-18,21,27,29-30,32H,13-16,19H2,1-3H3/t27-,29?/m1/s1. The number of ether oxygens (including phenoxy) is 4. The normalized spacial score (nSPS) is 20.2. The lowest BCUT2D eigenvalue weighted by atomic mass is 9.76. The van der Waals surface area contributed by atoms with Crippen LogP contribution in [0.5, 0.6) is 17.2 Å².